The number of rotatable bonds is 2. The lowest BCUT2D eigenvalue weighted by atomic mass is 10.0. The molecule has 0 saturated carbocycles. The van der Waals surface area contributed by atoms with Gasteiger partial charge in [0.25, 0.3) is 5.91 Å². The van der Waals surface area contributed by atoms with E-state index in [1.165, 1.54) is 12.1 Å². The Labute approximate surface area is 154 Å². The highest BCUT2D eigenvalue weighted by Crippen LogP contribution is 2.40. The first-order valence-corrected chi connectivity index (χ1v) is 8.55. The Kier molecular flexibility index (Phi) is 3.50. The minimum Gasteiger partial charge on any atom is -0.454 e. The summed E-state index contributed by atoms with van der Waals surface area (Å²) in [6.45, 7) is 0.181. The van der Waals surface area contributed by atoms with Crippen LogP contribution in [0.3, 0.4) is 0 Å². The molecule has 5 rings (SSSR count). The van der Waals surface area contributed by atoms with Gasteiger partial charge in [-0.25, -0.2) is 4.39 Å². The quantitative estimate of drug-likeness (QED) is 0.737. The number of anilines is 2. The average molecular weight is 362 g/mol. The lowest BCUT2D eigenvalue weighted by molar-refractivity contribution is 0.0974. The molecular formula is C21H15FN2O3. The molecule has 1 N–H and O–H groups in total. The first kappa shape index (κ1) is 15.7. The van der Waals surface area contributed by atoms with Crippen molar-refractivity contribution in [2.45, 2.75) is 6.17 Å². The van der Waals surface area contributed by atoms with E-state index in [4.69, 9.17) is 9.47 Å². The Bertz CT molecular complexity index is 1040. The number of halogens is 1. The standard InChI is InChI=1S/C21H15FN2O3/c22-14-6-8-15(9-7-14)24-20(13-5-10-18-19(11-13)27-12-26-18)23-17-4-2-1-3-16(17)21(24)25/h1-11,20,23H,12H2/t20-/m0/s1. The number of amides is 1. The number of carbonyl (C=O) groups is 1. The van der Waals surface area contributed by atoms with Gasteiger partial charge in [0, 0.05) is 11.4 Å². The van der Waals surface area contributed by atoms with Crippen molar-refractivity contribution in [2.24, 2.45) is 0 Å². The summed E-state index contributed by atoms with van der Waals surface area (Å²) in [4.78, 5) is 14.9. The molecule has 27 heavy (non-hydrogen) atoms. The molecule has 134 valence electrons. The van der Waals surface area contributed by atoms with Gasteiger partial charge >= 0.3 is 0 Å². The van der Waals surface area contributed by atoms with Crippen molar-refractivity contribution in [3.63, 3.8) is 0 Å². The summed E-state index contributed by atoms with van der Waals surface area (Å²) in [6, 6.07) is 18.8. The topological polar surface area (TPSA) is 50.8 Å². The Balaban J connectivity index is 1.64. The Morgan fingerprint density at radius 1 is 0.963 bits per heavy atom. The van der Waals surface area contributed by atoms with E-state index in [2.05, 4.69) is 5.32 Å². The lowest BCUT2D eigenvalue weighted by Crippen LogP contribution is -2.43. The van der Waals surface area contributed by atoms with E-state index in [9.17, 15) is 9.18 Å². The van der Waals surface area contributed by atoms with Crippen LogP contribution in [0, 0.1) is 5.82 Å². The van der Waals surface area contributed by atoms with E-state index in [0.29, 0.717) is 22.7 Å². The van der Waals surface area contributed by atoms with Crippen LogP contribution in [0.1, 0.15) is 22.1 Å². The Morgan fingerprint density at radius 2 is 1.74 bits per heavy atom. The van der Waals surface area contributed by atoms with Crippen LogP contribution in [0.5, 0.6) is 11.5 Å². The molecule has 2 heterocycles. The SMILES string of the molecule is O=C1c2ccccc2N[C@H](c2ccc3c(c2)OCO3)N1c1ccc(F)cc1. The van der Waals surface area contributed by atoms with Crippen LogP contribution < -0.4 is 19.7 Å². The number of nitrogens with one attached hydrogen (secondary N) is 1. The maximum Gasteiger partial charge on any atom is 0.262 e. The van der Waals surface area contributed by atoms with Crippen LogP contribution >= 0.6 is 0 Å². The lowest BCUT2D eigenvalue weighted by Gasteiger charge is -2.38. The van der Waals surface area contributed by atoms with Crippen molar-refractivity contribution in [3.05, 3.63) is 83.7 Å². The number of para-hydroxylation sites is 1. The number of hydrogen-bond donors (Lipinski definition) is 1. The molecule has 1 amide bonds. The highest BCUT2D eigenvalue weighted by Gasteiger charge is 2.34. The Hall–Kier alpha value is -3.54. The monoisotopic (exact) mass is 362 g/mol. The van der Waals surface area contributed by atoms with Crippen molar-refractivity contribution in [3.8, 4) is 11.5 Å². The average Bonchev–Trinajstić information content (AvgIpc) is 3.17. The molecule has 0 spiro atoms. The number of fused-ring (bicyclic) bond motifs is 2. The molecule has 6 heteroatoms. The van der Waals surface area contributed by atoms with Gasteiger partial charge in [0.05, 0.1) is 5.56 Å². The molecule has 0 fully saturated rings. The number of nitrogens with zero attached hydrogens (tertiary/aromatic N) is 1. The summed E-state index contributed by atoms with van der Waals surface area (Å²) in [5.74, 6) is 0.809. The molecule has 2 aliphatic rings. The third kappa shape index (κ3) is 2.57. The second-order valence-corrected chi connectivity index (χ2v) is 6.36. The normalized spacial score (nSPS) is 17.4. The number of ether oxygens (including phenoxy) is 2. The second kappa shape index (κ2) is 6.02. The van der Waals surface area contributed by atoms with Gasteiger partial charge in [-0.2, -0.15) is 0 Å². The van der Waals surface area contributed by atoms with Gasteiger partial charge < -0.3 is 14.8 Å². The predicted molar refractivity (Wildman–Crippen MR) is 98.6 cm³/mol. The largest absolute Gasteiger partial charge is 0.454 e. The third-order valence-corrected chi connectivity index (χ3v) is 4.74. The fourth-order valence-corrected chi connectivity index (χ4v) is 3.44. The van der Waals surface area contributed by atoms with Crippen molar-refractivity contribution in [1.82, 2.24) is 0 Å². The van der Waals surface area contributed by atoms with Gasteiger partial charge in [-0.05, 0) is 54.1 Å². The first-order valence-electron chi connectivity index (χ1n) is 8.55. The summed E-state index contributed by atoms with van der Waals surface area (Å²) < 4.78 is 24.3. The fourth-order valence-electron chi connectivity index (χ4n) is 3.44. The van der Waals surface area contributed by atoms with Crippen molar-refractivity contribution >= 4 is 17.3 Å². The molecule has 2 aliphatic heterocycles. The molecule has 0 aromatic heterocycles. The van der Waals surface area contributed by atoms with E-state index in [-0.39, 0.29) is 18.5 Å². The first-order chi connectivity index (χ1) is 13.2. The van der Waals surface area contributed by atoms with Crippen LogP contribution in [0.25, 0.3) is 0 Å². The summed E-state index contributed by atoms with van der Waals surface area (Å²) >= 11 is 0. The van der Waals surface area contributed by atoms with E-state index in [1.54, 1.807) is 23.1 Å². The molecular weight excluding hydrogens is 347 g/mol. The molecule has 0 bridgehead atoms. The van der Waals surface area contributed by atoms with Gasteiger partial charge in [0.1, 0.15) is 12.0 Å². The predicted octanol–water partition coefficient (Wildman–Crippen LogP) is 4.33. The zero-order chi connectivity index (χ0) is 18.4. The highest BCUT2D eigenvalue weighted by atomic mass is 19.1. The van der Waals surface area contributed by atoms with Crippen LogP contribution in [0.15, 0.2) is 66.7 Å². The summed E-state index contributed by atoms with van der Waals surface area (Å²) in [6.07, 6.45) is -0.465. The number of hydrogen-bond acceptors (Lipinski definition) is 4. The molecule has 3 aromatic carbocycles. The summed E-state index contributed by atoms with van der Waals surface area (Å²) in [5.41, 5.74) is 2.76. The molecule has 0 saturated heterocycles. The zero-order valence-corrected chi connectivity index (χ0v) is 14.2. The Morgan fingerprint density at radius 3 is 2.59 bits per heavy atom. The minimum atomic E-state index is -0.465. The molecule has 5 nitrogen and oxygen atoms in total. The third-order valence-electron chi connectivity index (χ3n) is 4.74. The van der Waals surface area contributed by atoms with Gasteiger partial charge in [-0.3, -0.25) is 9.69 Å². The van der Waals surface area contributed by atoms with Crippen LogP contribution in [0.2, 0.25) is 0 Å². The van der Waals surface area contributed by atoms with E-state index in [1.807, 2.05) is 36.4 Å². The molecule has 3 aromatic rings. The molecule has 0 aliphatic carbocycles. The fraction of sp³-hybridized carbons (Fsp3) is 0.0952. The molecule has 0 radical (unpaired) electrons. The van der Waals surface area contributed by atoms with Gasteiger partial charge in [0.2, 0.25) is 6.79 Å². The second-order valence-electron chi connectivity index (χ2n) is 6.36. The van der Waals surface area contributed by atoms with E-state index >= 15 is 0 Å². The van der Waals surface area contributed by atoms with E-state index in [0.717, 1.165) is 11.3 Å². The van der Waals surface area contributed by atoms with E-state index < -0.39 is 6.17 Å². The van der Waals surface area contributed by atoms with Crippen LogP contribution in [-0.4, -0.2) is 12.7 Å². The minimum absolute atomic E-state index is 0.154. The van der Waals surface area contributed by atoms with Crippen LogP contribution in [0.4, 0.5) is 15.8 Å². The van der Waals surface area contributed by atoms with Crippen LogP contribution in [-0.2, 0) is 0 Å². The highest BCUT2D eigenvalue weighted by molar-refractivity contribution is 6.12. The van der Waals surface area contributed by atoms with Crippen molar-refractivity contribution in [2.75, 3.05) is 17.0 Å². The van der Waals surface area contributed by atoms with Gasteiger partial charge in [-0.15, -0.1) is 0 Å². The maximum absolute atomic E-state index is 13.4. The van der Waals surface area contributed by atoms with Crippen molar-refractivity contribution < 1.29 is 18.7 Å². The van der Waals surface area contributed by atoms with Gasteiger partial charge in [0.15, 0.2) is 11.5 Å². The number of benzene rings is 3. The molecule has 0 unspecified atom stereocenters. The maximum atomic E-state index is 13.4. The summed E-state index contributed by atoms with van der Waals surface area (Å²) in [5, 5.41) is 3.41. The van der Waals surface area contributed by atoms with Crippen molar-refractivity contribution in [1.29, 1.82) is 0 Å². The zero-order valence-electron chi connectivity index (χ0n) is 14.2. The summed E-state index contributed by atoms with van der Waals surface area (Å²) in [7, 11) is 0. The number of carbonyl (C=O) groups excluding carboxylic acids is 1. The molecule has 1 atom stereocenters. The smallest absolute Gasteiger partial charge is 0.262 e. The van der Waals surface area contributed by atoms with Gasteiger partial charge in [-0.1, -0.05) is 18.2 Å².